The predicted octanol–water partition coefficient (Wildman–Crippen LogP) is 5.09. The van der Waals surface area contributed by atoms with Gasteiger partial charge in [-0.05, 0) is 30.9 Å². The summed E-state index contributed by atoms with van der Waals surface area (Å²) < 4.78 is 9.94. The largest absolute Gasteiger partial charge is 0.463 e. The van der Waals surface area contributed by atoms with E-state index in [2.05, 4.69) is 13.8 Å². The minimum absolute atomic E-state index is 0.0252. The number of halogens is 3. The molecule has 0 saturated carbocycles. The number of carbonyl (C=O) groups excluding carboxylic acids is 2. The van der Waals surface area contributed by atoms with Crippen LogP contribution in [0.3, 0.4) is 0 Å². The Balaban J connectivity index is 2.50. The Kier molecular flexibility index (Phi) is 8.45. The van der Waals surface area contributed by atoms with E-state index in [9.17, 15) is 9.59 Å². The van der Waals surface area contributed by atoms with Gasteiger partial charge in [-0.1, -0.05) is 48.7 Å². The molecular formula is C16H17Cl3O4. The van der Waals surface area contributed by atoms with Crippen molar-refractivity contribution >= 4 is 46.7 Å². The van der Waals surface area contributed by atoms with E-state index in [-0.39, 0.29) is 20.8 Å². The van der Waals surface area contributed by atoms with Gasteiger partial charge in [-0.3, -0.25) is 0 Å². The Morgan fingerprint density at radius 3 is 2.35 bits per heavy atom. The molecule has 0 atom stereocenters. The van der Waals surface area contributed by atoms with Gasteiger partial charge in [-0.2, -0.15) is 0 Å². The van der Waals surface area contributed by atoms with E-state index in [1.165, 1.54) is 12.1 Å². The van der Waals surface area contributed by atoms with E-state index in [0.717, 1.165) is 25.0 Å². The number of rotatable bonds is 7. The maximum atomic E-state index is 11.7. The van der Waals surface area contributed by atoms with Crippen molar-refractivity contribution in [2.24, 2.45) is 5.92 Å². The molecule has 0 radical (unpaired) electrons. The molecule has 0 aliphatic carbocycles. The lowest BCUT2D eigenvalue weighted by atomic mass is 10.1. The van der Waals surface area contributed by atoms with Crippen molar-refractivity contribution in [3.63, 3.8) is 0 Å². The lowest BCUT2D eigenvalue weighted by molar-refractivity contribution is -0.138. The van der Waals surface area contributed by atoms with Crippen LogP contribution in [0.4, 0.5) is 0 Å². The van der Waals surface area contributed by atoms with Crippen molar-refractivity contribution in [3.8, 4) is 5.75 Å². The van der Waals surface area contributed by atoms with Gasteiger partial charge < -0.3 is 9.47 Å². The molecule has 0 aromatic heterocycles. The summed E-state index contributed by atoms with van der Waals surface area (Å²) in [5.41, 5.74) is 0. The highest BCUT2D eigenvalue weighted by molar-refractivity contribution is 6.44. The van der Waals surface area contributed by atoms with Gasteiger partial charge in [0.1, 0.15) is 5.02 Å². The third kappa shape index (κ3) is 7.25. The van der Waals surface area contributed by atoms with Gasteiger partial charge in [-0.15, -0.1) is 0 Å². The molecule has 4 nitrogen and oxygen atoms in total. The van der Waals surface area contributed by atoms with Crippen molar-refractivity contribution in [1.82, 2.24) is 0 Å². The minimum atomic E-state index is -0.810. The second-order valence-corrected chi connectivity index (χ2v) is 6.32. The molecule has 1 rings (SSSR count). The summed E-state index contributed by atoms with van der Waals surface area (Å²) in [6, 6.07) is 2.93. The zero-order valence-corrected chi connectivity index (χ0v) is 15.0. The number of hydrogen-bond donors (Lipinski definition) is 0. The summed E-state index contributed by atoms with van der Waals surface area (Å²) in [7, 11) is 0. The molecule has 1 aromatic carbocycles. The summed E-state index contributed by atoms with van der Waals surface area (Å²) >= 11 is 17.6. The predicted molar refractivity (Wildman–Crippen MR) is 91.3 cm³/mol. The molecule has 0 aliphatic heterocycles. The van der Waals surface area contributed by atoms with Crippen LogP contribution in [0.2, 0.25) is 15.1 Å². The number of ether oxygens (including phenoxy) is 2. The molecule has 0 heterocycles. The molecule has 7 heteroatoms. The first kappa shape index (κ1) is 19.8. The van der Waals surface area contributed by atoms with Crippen molar-refractivity contribution < 1.29 is 19.1 Å². The van der Waals surface area contributed by atoms with Crippen LogP contribution in [0.15, 0.2) is 24.3 Å². The zero-order chi connectivity index (χ0) is 17.4. The molecule has 1 aromatic rings. The van der Waals surface area contributed by atoms with Crippen molar-refractivity contribution in [3.05, 3.63) is 39.4 Å². The molecule has 0 unspecified atom stereocenters. The Hall–Kier alpha value is -1.23. The maximum Gasteiger partial charge on any atom is 0.336 e. The van der Waals surface area contributed by atoms with E-state index in [1.807, 2.05) is 0 Å². The van der Waals surface area contributed by atoms with Gasteiger partial charge in [0.25, 0.3) is 0 Å². The number of benzene rings is 1. The molecule has 0 bridgehead atoms. The van der Waals surface area contributed by atoms with Gasteiger partial charge >= 0.3 is 11.9 Å². The lowest BCUT2D eigenvalue weighted by Gasteiger charge is -2.07. The topological polar surface area (TPSA) is 52.6 Å². The standard InChI is InChI=1S/C16H17Cl3O4/c1-10(2)4-3-9-22-13(20)7-8-14(21)23-16-12(18)6-5-11(17)15(16)19/h5-8,10H,3-4,9H2,1-2H3/b8-7+. The minimum Gasteiger partial charge on any atom is -0.463 e. The number of esters is 2. The van der Waals surface area contributed by atoms with Gasteiger partial charge in [0.15, 0.2) is 5.75 Å². The molecule has 0 fully saturated rings. The second-order valence-electron chi connectivity index (χ2n) is 5.13. The van der Waals surface area contributed by atoms with E-state index >= 15 is 0 Å². The monoisotopic (exact) mass is 378 g/mol. The molecule has 0 N–H and O–H groups in total. The van der Waals surface area contributed by atoms with Crippen molar-refractivity contribution in [2.45, 2.75) is 26.7 Å². The lowest BCUT2D eigenvalue weighted by Crippen LogP contribution is -2.08. The van der Waals surface area contributed by atoms with Crippen LogP contribution >= 0.6 is 34.8 Å². The Bertz CT molecular complexity index is 597. The summed E-state index contributed by atoms with van der Waals surface area (Å²) in [5, 5.41) is 0.363. The first-order valence-electron chi connectivity index (χ1n) is 7.01. The molecule has 23 heavy (non-hydrogen) atoms. The Labute approximate surface area is 150 Å². The molecule has 0 spiro atoms. The first-order chi connectivity index (χ1) is 10.8. The van der Waals surface area contributed by atoms with Crippen LogP contribution in [0.1, 0.15) is 26.7 Å². The number of hydrogen-bond acceptors (Lipinski definition) is 4. The zero-order valence-electron chi connectivity index (χ0n) is 12.8. The van der Waals surface area contributed by atoms with E-state index < -0.39 is 11.9 Å². The smallest absolute Gasteiger partial charge is 0.336 e. The summed E-state index contributed by atoms with van der Waals surface area (Å²) in [6.07, 6.45) is 3.67. The van der Waals surface area contributed by atoms with E-state index in [4.69, 9.17) is 44.3 Å². The van der Waals surface area contributed by atoms with Gasteiger partial charge in [0.2, 0.25) is 0 Å². The molecule has 0 amide bonds. The van der Waals surface area contributed by atoms with Crippen molar-refractivity contribution in [2.75, 3.05) is 6.61 Å². The third-order valence-corrected chi connectivity index (χ3v) is 3.81. The first-order valence-corrected chi connectivity index (χ1v) is 8.14. The fourth-order valence-corrected chi connectivity index (χ4v) is 2.18. The summed E-state index contributed by atoms with van der Waals surface area (Å²) in [5.74, 6) is -0.934. The quantitative estimate of drug-likeness (QED) is 0.218. The maximum absolute atomic E-state index is 11.7. The Morgan fingerprint density at radius 2 is 1.70 bits per heavy atom. The summed E-state index contributed by atoms with van der Waals surface area (Å²) in [4.78, 5) is 23.1. The van der Waals surface area contributed by atoms with E-state index in [1.54, 1.807) is 0 Å². The van der Waals surface area contributed by atoms with Gasteiger partial charge in [0, 0.05) is 12.2 Å². The second kappa shape index (κ2) is 9.81. The van der Waals surface area contributed by atoms with Crippen LogP contribution in [-0.4, -0.2) is 18.5 Å². The highest BCUT2D eigenvalue weighted by atomic mass is 35.5. The highest BCUT2D eigenvalue weighted by Crippen LogP contribution is 2.38. The van der Waals surface area contributed by atoms with Crippen molar-refractivity contribution in [1.29, 1.82) is 0 Å². The van der Waals surface area contributed by atoms with Crippen LogP contribution in [0.25, 0.3) is 0 Å². The SMILES string of the molecule is CC(C)CCCOC(=O)/C=C/C(=O)Oc1c(Cl)ccc(Cl)c1Cl. The van der Waals surface area contributed by atoms with Gasteiger partial charge in [-0.25, -0.2) is 9.59 Å². The third-order valence-electron chi connectivity index (χ3n) is 2.73. The molecule has 0 saturated heterocycles. The van der Waals surface area contributed by atoms with Crippen LogP contribution in [-0.2, 0) is 14.3 Å². The van der Waals surface area contributed by atoms with Gasteiger partial charge in [0.05, 0.1) is 16.7 Å². The Morgan fingerprint density at radius 1 is 1.09 bits per heavy atom. The molecule has 0 aliphatic rings. The van der Waals surface area contributed by atoms with Crippen LogP contribution < -0.4 is 4.74 Å². The average Bonchev–Trinajstić information content (AvgIpc) is 2.49. The highest BCUT2D eigenvalue weighted by Gasteiger charge is 2.14. The normalized spacial score (nSPS) is 11.0. The molecule has 126 valence electrons. The fourth-order valence-electron chi connectivity index (χ4n) is 1.59. The number of carbonyl (C=O) groups is 2. The van der Waals surface area contributed by atoms with E-state index in [0.29, 0.717) is 12.5 Å². The van der Waals surface area contributed by atoms with Crippen LogP contribution in [0.5, 0.6) is 5.75 Å². The average molecular weight is 380 g/mol. The van der Waals surface area contributed by atoms with Crippen LogP contribution in [0, 0.1) is 5.92 Å². The fraction of sp³-hybridized carbons (Fsp3) is 0.375. The molecular weight excluding hydrogens is 363 g/mol. The summed E-state index contributed by atoms with van der Waals surface area (Å²) in [6.45, 7) is 4.48.